The third kappa shape index (κ3) is 3.38. The highest BCUT2D eigenvalue weighted by Gasteiger charge is 2.16. The minimum Gasteiger partial charge on any atom is -0.504 e. The van der Waals surface area contributed by atoms with Gasteiger partial charge in [0.05, 0.1) is 21.8 Å². The van der Waals surface area contributed by atoms with E-state index >= 15 is 0 Å². The predicted molar refractivity (Wildman–Crippen MR) is 113 cm³/mol. The molecule has 4 rings (SSSR count). The fraction of sp³-hybridized carbons (Fsp3) is 0. The molecule has 1 aromatic heterocycles. The molecule has 0 saturated carbocycles. The van der Waals surface area contributed by atoms with E-state index in [0.29, 0.717) is 26.7 Å². The molecule has 0 aliphatic carbocycles. The van der Waals surface area contributed by atoms with Crippen LogP contribution >= 0.6 is 23.2 Å². The van der Waals surface area contributed by atoms with Crippen molar-refractivity contribution in [3.8, 4) is 11.8 Å². The Hall–Kier alpha value is -3.53. The van der Waals surface area contributed by atoms with Crippen LogP contribution in [0, 0.1) is 11.3 Å². The van der Waals surface area contributed by atoms with Crippen LogP contribution in [0.2, 0.25) is 10.0 Å². The topological polar surface area (TPSA) is 106 Å². The van der Waals surface area contributed by atoms with E-state index in [1.54, 1.807) is 18.2 Å². The van der Waals surface area contributed by atoms with Gasteiger partial charge in [0, 0.05) is 22.1 Å². The average Bonchev–Trinajstić information content (AvgIpc) is 2.68. The number of benzene rings is 3. The van der Waals surface area contributed by atoms with E-state index in [1.807, 2.05) is 6.07 Å². The molecule has 0 unspecified atom stereocenters. The zero-order valence-electron chi connectivity index (χ0n) is 14.6. The molecule has 4 aromatic rings. The lowest BCUT2D eigenvalue weighted by atomic mass is 10.0. The van der Waals surface area contributed by atoms with Crippen LogP contribution in [0.15, 0.2) is 53.5 Å². The molecule has 142 valence electrons. The van der Waals surface area contributed by atoms with Crippen LogP contribution in [0.4, 0.5) is 5.69 Å². The number of nitrogens with one attached hydrogen (secondary N) is 2. The number of nitrogens with zero attached hydrogens (tertiary/aromatic N) is 1. The zero-order chi connectivity index (χ0) is 20.7. The van der Waals surface area contributed by atoms with Crippen molar-refractivity contribution in [2.75, 3.05) is 5.32 Å². The Kier molecular flexibility index (Phi) is 4.63. The molecule has 3 N–H and O–H groups in total. The SMILES string of the molecule is N#Cc1c[nH]c2cc3cc(=O)c(O)cc3cc2c1NC(=O)c1ccc(Cl)cc1Cl. The molecule has 1 amide bonds. The molecule has 0 aliphatic rings. The summed E-state index contributed by atoms with van der Waals surface area (Å²) in [6, 6.07) is 12.6. The van der Waals surface area contributed by atoms with Gasteiger partial charge in [-0.25, -0.2) is 0 Å². The van der Waals surface area contributed by atoms with Gasteiger partial charge in [-0.15, -0.1) is 0 Å². The van der Waals surface area contributed by atoms with E-state index in [9.17, 15) is 20.0 Å². The van der Waals surface area contributed by atoms with Crippen molar-refractivity contribution in [1.82, 2.24) is 4.98 Å². The van der Waals surface area contributed by atoms with E-state index < -0.39 is 11.3 Å². The van der Waals surface area contributed by atoms with Gasteiger partial charge in [-0.2, -0.15) is 5.26 Å². The highest BCUT2D eigenvalue weighted by Crippen LogP contribution is 2.31. The number of carbonyl (C=O) groups excluding carboxylic acids is 1. The fourth-order valence-corrected chi connectivity index (χ4v) is 3.58. The van der Waals surface area contributed by atoms with E-state index in [0.717, 1.165) is 0 Å². The normalized spacial score (nSPS) is 10.8. The lowest BCUT2D eigenvalue weighted by molar-refractivity contribution is 0.102. The number of halogens is 2. The molecule has 0 aliphatic heterocycles. The summed E-state index contributed by atoms with van der Waals surface area (Å²) in [6.45, 7) is 0. The molecule has 8 heteroatoms. The van der Waals surface area contributed by atoms with Gasteiger partial charge in [0.2, 0.25) is 5.43 Å². The first-order valence-electron chi connectivity index (χ1n) is 8.36. The highest BCUT2D eigenvalue weighted by atomic mass is 35.5. The highest BCUT2D eigenvalue weighted by molar-refractivity contribution is 6.37. The summed E-state index contributed by atoms with van der Waals surface area (Å²) in [7, 11) is 0. The van der Waals surface area contributed by atoms with Gasteiger partial charge in [-0.05, 0) is 53.2 Å². The minimum absolute atomic E-state index is 0.179. The summed E-state index contributed by atoms with van der Waals surface area (Å²) in [5.74, 6) is -0.885. The van der Waals surface area contributed by atoms with Crippen molar-refractivity contribution in [3.63, 3.8) is 0 Å². The molecular formula is C21H11Cl2N3O3. The standard InChI is InChI=1S/C21H11Cl2N3O3/c22-13-1-2-14(16(23)7-13)21(29)26-20-12(8-24)9-25-17-4-11-6-19(28)18(27)5-10(11)3-15(17)20/h1-7,9,25,27H,(H,26,29). The third-order valence-corrected chi connectivity index (χ3v) is 5.05. The number of phenolic OH excluding ortho intramolecular Hbond substituents is 1. The number of fused-ring (bicyclic) bond motifs is 2. The van der Waals surface area contributed by atoms with Gasteiger partial charge >= 0.3 is 0 Å². The molecule has 3 aromatic carbocycles. The van der Waals surface area contributed by atoms with Gasteiger partial charge in [0.25, 0.3) is 5.91 Å². The van der Waals surface area contributed by atoms with Crippen LogP contribution in [0.25, 0.3) is 21.7 Å². The Bertz CT molecular complexity index is 1420. The number of anilines is 1. The van der Waals surface area contributed by atoms with E-state index in [4.69, 9.17) is 23.2 Å². The van der Waals surface area contributed by atoms with Gasteiger partial charge in [-0.1, -0.05) is 23.2 Å². The smallest absolute Gasteiger partial charge is 0.257 e. The van der Waals surface area contributed by atoms with E-state index in [1.165, 1.54) is 30.5 Å². The Morgan fingerprint density at radius 2 is 1.86 bits per heavy atom. The number of amides is 1. The first-order valence-corrected chi connectivity index (χ1v) is 9.11. The van der Waals surface area contributed by atoms with Crippen LogP contribution in [-0.4, -0.2) is 16.0 Å². The second-order valence-corrected chi connectivity index (χ2v) is 7.18. The number of hydrogen-bond acceptors (Lipinski definition) is 4. The second-order valence-electron chi connectivity index (χ2n) is 6.33. The fourth-order valence-electron chi connectivity index (χ4n) is 3.09. The minimum atomic E-state index is -0.506. The average molecular weight is 424 g/mol. The van der Waals surface area contributed by atoms with Crippen LogP contribution in [0.1, 0.15) is 15.9 Å². The molecule has 29 heavy (non-hydrogen) atoms. The zero-order valence-corrected chi connectivity index (χ0v) is 16.1. The third-order valence-electron chi connectivity index (χ3n) is 4.50. The van der Waals surface area contributed by atoms with Gasteiger partial charge in [-0.3, -0.25) is 9.59 Å². The van der Waals surface area contributed by atoms with Crippen molar-refractivity contribution in [2.24, 2.45) is 0 Å². The lowest BCUT2D eigenvalue weighted by Gasteiger charge is -2.13. The monoisotopic (exact) mass is 423 g/mol. The summed E-state index contributed by atoms with van der Waals surface area (Å²) < 4.78 is 0. The summed E-state index contributed by atoms with van der Waals surface area (Å²) in [5.41, 5.74) is 0.802. The maximum Gasteiger partial charge on any atom is 0.257 e. The molecule has 0 atom stereocenters. The molecule has 0 bridgehead atoms. The molecule has 0 saturated heterocycles. The second kappa shape index (κ2) is 7.13. The number of aromatic amines is 1. The van der Waals surface area contributed by atoms with Crippen molar-refractivity contribution < 1.29 is 9.90 Å². The number of aromatic hydroxyl groups is 1. The van der Waals surface area contributed by atoms with Crippen molar-refractivity contribution >= 4 is 56.5 Å². The van der Waals surface area contributed by atoms with Crippen LogP contribution in [0.5, 0.6) is 5.75 Å². The largest absolute Gasteiger partial charge is 0.504 e. The number of carbonyl (C=O) groups is 1. The summed E-state index contributed by atoms with van der Waals surface area (Å²) >= 11 is 12.0. The van der Waals surface area contributed by atoms with E-state index in [-0.39, 0.29) is 27.6 Å². The number of rotatable bonds is 2. The summed E-state index contributed by atoms with van der Waals surface area (Å²) in [5, 5.41) is 24.3. The molecule has 0 spiro atoms. The number of phenols is 1. The molecule has 6 nitrogen and oxygen atoms in total. The number of hydrogen-bond donors (Lipinski definition) is 3. The maximum absolute atomic E-state index is 12.8. The first kappa shape index (κ1) is 18.8. The van der Waals surface area contributed by atoms with Gasteiger partial charge < -0.3 is 15.4 Å². The molecule has 1 heterocycles. The van der Waals surface area contributed by atoms with Gasteiger partial charge in [0.15, 0.2) is 5.75 Å². The quantitative estimate of drug-likeness (QED) is 0.401. The molecule has 0 fully saturated rings. The number of nitriles is 1. The Morgan fingerprint density at radius 3 is 2.59 bits per heavy atom. The van der Waals surface area contributed by atoms with Crippen LogP contribution in [-0.2, 0) is 0 Å². The number of aromatic nitrogens is 1. The summed E-state index contributed by atoms with van der Waals surface area (Å²) in [6.07, 6.45) is 1.46. The van der Waals surface area contributed by atoms with Gasteiger partial charge in [0.1, 0.15) is 6.07 Å². The first-order chi connectivity index (χ1) is 13.9. The number of pyridine rings is 1. The predicted octanol–water partition coefficient (Wildman–Crippen LogP) is 4.82. The lowest BCUT2D eigenvalue weighted by Crippen LogP contribution is -2.14. The maximum atomic E-state index is 12.8. The van der Waals surface area contributed by atoms with Crippen LogP contribution in [0.3, 0.4) is 0 Å². The van der Waals surface area contributed by atoms with E-state index in [2.05, 4.69) is 10.3 Å². The Labute approximate surface area is 173 Å². The molecular weight excluding hydrogens is 413 g/mol. The Balaban J connectivity index is 1.90. The van der Waals surface area contributed by atoms with Crippen LogP contribution < -0.4 is 10.7 Å². The summed E-state index contributed by atoms with van der Waals surface area (Å²) in [4.78, 5) is 27.5. The van der Waals surface area contributed by atoms with Crippen molar-refractivity contribution in [1.29, 1.82) is 5.26 Å². The Morgan fingerprint density at radius 1 is 1.10 bits per heavy atom. The van der Waals surface area contributed by atoms with Crippen molar-refractivity contribution in [3.05, 3.63) is 80.1 Å². The number of H-pyrrole nitrogens is 1. The van der Waals surface area contributed by atoms with Crippen molar-refractivity contribution in [2.45, 2.75) is 0 Å². The molecule has 0 radical (unpaired) electrons.